The Labute approximate surface area is 94.6 Å². The van der Waals surface area contributed by atoms with Gasteiger partial charge in [-0.25, -0.2) is 0 Å². The number of pyridine rings is 1. The van der Waals surface area contributed by atoms with E-state index in [2.05, 4.69) is 4.98 Å². The van der Waals surface area contributed by atoms with Crippen LogP contribution in [0.5, 0.6) is 0 Å². The zero-order chi connectivity index (χ0) is 11.4. The van der Waals surface area contributed by atoms with Crippen LogP contribution in [0.3, 0.4) is 0 Å². The molecule has 80 valence electrons. The van der Waals surface area contributed by atoms with Crippen molar-refractivity contribution < 1.29 is 4.79 Å². The van der Waals surface area contributed by atoms with Crippen molar-refractivity contribution in [3.63, 3.8) is 0 Å². The minimum atomic E-state index is 0.743. The van der Waals surface area contributed by atoms with Crippen molar-refractivity contribution in [1.82, 2.24) is 4.98 Å². The van der Waals surface area contributed by atoms with E-state index in [1.54, 1.807) is 6.20 Å². The quantitative estimate of drug-likeness (QED) is 0.576. The molecular weight excluding hydrogens is 198 g/mol. The first kappa shape index (κ1) is 10.6. The van der Waals surface area contributed by atoms with Gasteiger partial charge in [-0.2, -0.15) is 0 Å². The van der Waals surface area contributed by atoms with Crippen LogP contribution >= 0.6 is 0 Å². The molecule has 0 aliphatic carbocycles. The summed E-state index contributed by atoms with van der Waals surface area (Å²) < 4.78 is 0. The van der Waals surface area contributed by atoms with Gasteiger partial charge in [0.2, 0.25) is 0 Å². The third kappa shape index (κ3) is 2.01. The molecule has 0 radical (unpaired) electrons. The molecule has 0 amide bonds. The number of carbonyl (C=O) groups is 1. The van der Waals surface area contributed by atoms with E-state index in [1.807, 2.05) is 43.5 Å². The Kier molecular flexibility index (Phi) is 3.10. The molecule has 2 rings (SSSR count). The topological polar surface area (TPSA) is 30.0 Å². The fourth-order valence-corrected chi connectivity index (χ4v) is 1.67. The van der Waals surface area contributed by atoms with Crippen molar-refractivity contribution in [3.8, 4) is 0 Å². The first-order chi connectivity index (χ1) is 7.85. The molecule has 0 aliphatic heterocycles. The highest BCUT2D eigenvalue weighted by Gasteiger charge is 1.99. The van der Waals surface area contributed by atoms with E-state index in [0.717, 1.165) is 34.6 Å². The van der Waals surface area contributed by atoms with Crippen molar-refractivity contribution in [3.05, 3.63) is 47.8 Å². The van der Waals surface area contributed by atoms with E-state index < -0.39 is 0 Å². The summed E-state index contributed by atoms with van der Waals surface area (Å²) in [5.74, 6) is 0. The van der Waals surface area contributed by atoms with E-state index in [9.17, 15) is 4.79 Å². The highest BCUT2D eigenvalue weighted by molar-refractivity contribution is 5.93. The highest BCUT2D eigenvalue weighted by atomic mass is 16.1. The lowest BCUT2D eigenvalue weighted by Gasteiger charge is -2.02. The van der Waals surface area contributed by atoms with Crippen molar-refractivity contribution in [2.75, 3.05) is 0 Å². The lowest BCUT2D eigenvalue weighted by molar-refractivity contribution is -0.104. The molecule has 0 spiro atoms. The maximum absolute atomic E-state index is 10.8. The summed E-state index contributed by atoms with van der Waals surface area (Å²) in [6.07, 6.45) is 7.18. The first-order valence-electron chi connectivity index (χ1n) is 5.33. The summed E-state index contributed by atoms with van der Waals surface area (Å²) >= 11 is 0. The van der Waals surface area contributed by atoms with Gasteiger partial charge in [-0.05, 0) is 23.5 Å². The normalized spacial score (nSPS) is 11.7. The van der Waals surface area contributed by atoms with Crippen LogP contribution in [0, 0.1) is 0 Å². The number of allylic oxidation sites excluding steroid dienone is 1. The highest BCUT2D eigenvalue weighted by Crippen LogP contribution is 2.19. The van der Waals surface area contributed by atoms with Gasteiger partial charge in [0.1, 0.15) is 6.29 Å². The second kappa shape index (κ2) is 4.71. The Morgan fingerprint density at radius 1 is 1.31 bits per heavy atom. The third-order valence-electron chi connectivity index (χ3n) is 2.60. The maximum Gasteiger partial charge on any atom is 0.146 e. The number of carbonyl (C=O) groups excluding carboxylic acids is 1. The van der Waals surface area contributed by atoms with Crippen LogP contribution in [0.1, 0.15) is 18.9 Å². The van der Waals surface area contributed by atoms with Crippen molar-refractivity contribution in [1.29, 1.82) is 0 Å². The van der Waals surface area contributed by atoms with Crippen LogP contribution in [0.15, 0.2) is 42.2 Å². The number of hydrogen-bond donors (Lipinski definition) is 0. The lowest BCUT2D eigenvalue weighted by Crippen LogP contribution is -1.85. The molecule has 1 aromatic heterocycles. The molecule has 1 aromatic carbocycles. The van der Waals surface area contributed by atoms with Crippen molar-refractivity contribution in [2.24, 2.45) is 0 Å². The molecule has 0 saturated heterocycles. The average Bonchev–Trinajstić information content (AvgIpc) is 2.36. The van der Waals surface area contributed by atoms with Gasteiger partial charge >= 0.3 is 0 Å². The van der Waals surface area contributed by atoms with E-state index >= 15 is 0 Å². The standard InChI is InChI=1S/C14H13NO/c1-2-11(10-16)7-13-9-15-8-12-5-3-4-6-14(12)13/h3-10H,2H2,1H3/b11-7-. The third-order valence-corrected chi connectivity index (χ3v) is 2.60. The summed E-state index contributed by atoms with van der Waals surface area (Å²) in [5.41, 5.74) is 1.79. The number of benzene rings is 1. The van der Waals surface area contributed by atoms with Crippen molar-refractivity contribution in [2.45, 2.75) is 13.3 Å². The molecule has 0 atom stereocenters. The second-order valence-electron chi connectivity index (χ2n) is 3.64. The van der Waals surface area contributed by atoms with Gasteiger partial charge in [0.15, 0.2) is 0 Å². The fourth-order valence-electron chi connectivity index (χ4n) is 1.67. The molecule has 0 fully saturated rings. The molecule has 2 aromatic rings. The van der Waals surface area contributed by atoms with Crippen LogP contribution in [0.4, 0.5) is 0 Å². The van der Waals surface area contributed by atoms with Crippen LogP contribution in [-0.2, 0) is 4.79 Å². The zero-order valence-corrected chi connectivity index (χ0v) is 9.18. The van der Waals surface area contributed by atoms with Crippen molar-refractivity contribution >= 4 is 23.1 Å². The van der Waals surface area contributed by atoms with Crippen LogP contribution in [0.25, 0.3) is 16.8 Å². The van der Waals surface area contributed by atoms with Crippen LogP contribution in [0.2, 0.25) is 0 Å². The first-order valence-corrected chi connectivity index (χ1v) is 5.33. The number of hydrogen-bond acceptors (Lipinski definition) is 2. The monoisotopic (exact) mass is 211 g/mol. The lowest BCUT2D eigenvalue weighted by atomic mass is 10.1. The molecule has 2 nitrogen and oxygen atoms in total. The molecule has 0 saturated carbocycles. The number of nitrogens with zero attached hydrogens (tertiary/aromatic N) is 1. The minimum absolute atomic E-state index is 0.743. The van der Waals surface area contributed by atoms with Crippen LogP contribution < -0.4 is 0 Å². The van der Waals surface area contributed by atoms with Gasteiger partial charge < -0.3 is 0 Å². The molecule has 16 heavy (non-hydrogen) atoms. The molecule has 1 heterocycles. The molecule has 0 aliphatic rings. The predicted molar refractivity (Wildman–Crippen MR) is 66.1 cm³/mol. The van der Waals surface area contributed by atoms with Gasteiger partial charge in [0.25, 0.3) is 0 Å². The Morgan fingerprint density at radius 2 is 2.12 bits per heavy atom. The van der Waals surface area contributed by atoms with E-state index in [1.165, 1.54) is 0 Å². The number of fused-ring (bicyclic) bond motifs is 1. The SMILES string of the molecule is CC/C(C=O)=C/c1cncc2ccccc12. The predicted octanol–water partition coefficient (Wildman–Crippen LogP) is 3.23. The largest absolute Gasteiger partial charge is 0.298 e. The number of aldehydes is 1. The average molecular weight is 211 g/mol. The molecular formula is C14H13NO. The fraction of sp³-hybridized carbons (Fsp3) is 0.143. The summed E-state index contributed by atoms with van der Waals surface area (Å²) in [6, 6.07) is 8.04. The van der Waals surface area contributed by atoms with Gasteiger partial charge in [0.05, 0.1) is 0 Å². The van der Waals surface area contributed by atoms with E-state index in [4.69, 9.17) is 0 Å². The van der Waals surface area contributed by atoms with Crippen LogP contribution in [-0.4, -0.2) is 11.3 Å². The minimum Gasteiger partial charge on any atom is -0.298 e. The summed E-state index contributed by atoms with van der Waals surface area (Å²) in [6.45, 7) is 1.97. The summed E-state index contributed by atoms with van der Waals surface area (Å²) in [7, 11) is 0. The Balaban J connectivity index is 2.60. The number of rotatable bonds is 3. The maximum atomic E-state index is 10.8. The summed E-state index contributed by atoms with van der Waals surface area (Å²) in [4.78, 5) is 15.0. The Morgan fingerprint density at radius 3 is 2.88 bits per heavy atom. The Hall–Kier alpha value is -1.96. The van der Waals surface area contributed by atoms with Gasteiger partial charge in [0, 0.05) is 23.3 Å². The van der Waals surface area contributed by atoms with Gasteiger partial charge in [-0.1, -0.05) is 31.2 Å². The van der Waals surface area contributed by atoms with E-state index in [-0.39, 0.29) is 0 Å². The second-order valence-corrected chi connectivity index (χ2v) is 3.64. The number of aromatic nitrogens is 1. The smallest absolute Gasteiger partial charge is 0.146 e. The molecule has 0 N–H and O–H groups in total. The molecule has 2 heteroatoms. The molecule has 0 bridgehead atoms. The van der Waals surface area contributed by atoms with Gasteiger partial charge in [-0.3, -0.25) is 9.78 Å². The zero-order valence-electron chi connectivity index (χ0n) is 9.18. The van der Waals surface area contributed by atoms with E-state index in [0.29, 0.717) is 0 Å². The molecule has 0 unspecified atom stereocenters. The Bertz CT molecular complexity index is 538. The van der Waals surface area contributed by atoms with Gasteiger partial charge in [-0.15, -0.1) is 0 Å². The summed E-state index contributed by atoms with van der Waals surface area (Å²) in [5, 5.41) is 2.22.